The Bertz CT molecular complexity index is 988. The second kappa shape index (κ2) is 6.54. The van der Waals surface area contributed by atoms with Gasteiger partial charge < -0.3 is 0 Å². The summed E-state index contributed by atoms with van der Waals surface area (Å²) in [5.74, 6) is 0.754. The van der Waals surface area contributed by atoms with Crippen LogP contribution in [0.4, 0.5) is 0 Å². The molecule has 0 aliphatic carbocycles. The summed E-state index contributed by atoms with van der Waals surface area (Å²) in [6.07, 6.45) is 5.13. The van der Waals surface area contributed by atoms with Gasteiger partial charge in [-0.1, -0.05) is 40.7 Å². The molecule has 118 valence electrons. The Morgan fingerprint density at radius 3 is 2.92 bits per heavy atom. The zero-order valence-electron chi connectivity index (χ0n) is 12.4. The number of hydrogen-bond acceptors (Lipinski definition) is 6. The van der Waals surface area contributed by atoms with Gasteiger partial charge >= 0.3 is 0 Å². The molecule has 0 spiro atoms. The van der Waals surface area contributed by atoms with E-state index in [2.05, 4.69) is 25.3 Å². The molecular formula is C16H11ClN6S. The van der Waals surface area contributed by atoms with E-state index in [4.69, 9.17) is 11.6 Å². The SMILES string of the molecule is Clc1cccc(-n2nnc3c(SCc4cccnc4)ncnc32)c1. The monoisotopic (exact) mass is 354 g/mol. The van der Waals surface area contributed by atoms with Crippen molar-refractivity contribution in [3.8, 4) is 5.69 Å². The lowest BCUT2D eigenvalue weighted by Gasteiger charge is -2.03. The highest BCUT2D eigenvalue weighted by atomic mass is 35.5. The van der Waals surface area contributed by atoms with E-state index in [-0.39, 0.29) is 0 Å². The zero-order chi connectivity index (χ0) is 16.4. The highest BCUT2D eigenvalue weighted by molar-refractivity contribution is 7.98. The Labute approximate surface area is 146 Å². The number of fused-ring (bicyclic) bond motifs is 1. The average Bonchev–Trinajstić information content (AvgIpc) is 3.05. The predicted molar refractivity (Wildman–Crippen MR) is 93.3 cm³/mol. The summed E-state index contributed by atoms with van der Waals surface area (Å²) >= 11 is 7.64. The minimum absolute atomic E-state index is 0.636. The molecule has 6 nitrogen and oxygen atoms in total. The lowest BCUT2D eigenvalue weighted by Crippen LogP contribution is -1.98. The molecule has 0 aliphatic rings. The summed E-state index contributed by atoms with van der Waals surface area (Å²) in [6.45, 7) is 0. The van der Waals surface area contributed by atoms with E-state index in [9.17, 15) is 0 Å². The highest BCUT2D eigenvalue weighted by Gasteiger charge is 2.13. The lowest BCUT2D eigenvalue weighted by molar-refractivity contribution is 0.817. The smallest absolute Gasteiger partial charge is 0.187 e. The van der Waals surface area contributed by atoms with Crippen LogP contribution in [-0.2, 0) is 5.75 Å². The molecule has 24 heavy (non-hydrogen) atoms. The van der Waals surface area contributed by atoms with Gasteiger partial charge in [-0.3, -0.25) is 4.98 Å². The van der Waals surface area contributed by atoms with Crippen LogP contribution in [0.25, 0.3) is 16.9 Å². The van der Waals surface area contributed by atoms with E-state index in [1.807, 2.05) is 42.6 Å². The highest BCUT2D eigenvalue weighted by Crippen LogP contribution is 2.27. The van der Waals surface area contributed by atoms with Gasteiger partial charge in [-0.2, -0.15) is 4.68 Å². The Morgan fingerprint density at radius 2 is 2.08 bits per heavy atom. The van der Waals surface area contributed by atoms with Crippen LogP contribution in [0, 0.1) is 0 Å². The van der Waals surface area contributed by atoms with Crippen molar-refractivity contribution in [1.82, 2.24) is 29.9 Å². The number of aromatic nitrogens is 6. The summed E-state index contributed by atoms with van der Waals surface area (Å²) in [5, 5.41) is 9.87. The molecule has 0 saturated carbocycles. The van der Waals surface area contributed by atoms with Crippen LogP contribution in [0.15, 0.2) is 60.1 Å². The van der Waals surface area contributed by atoms with Crippen LogP contribution < -0.4 is 0 Å². The first-order valence-electron chi connectivity index (χ1n) is 7.15. The van der Waals surface area contributed by atoms with E-state index in [0.717, 1.165) is 22.0 Å². The first-order valence-corrected chi connectivity index (χ1v) is 8.52. The molecule has 0 unspecified atom stereocenters. The second-order valence-electron chi connectivity index (χ2n) is 4.98. The van der Waals surface area contributed by atoms with Crippen LogP contribution in [0.3, 0.4) is 0 Å². The molecular weight excluding hydrogens is 344 g/mol. The number of benzene rings is 1. The van der Waals surface area contributed by atoms with Crippen molar-refractivity contribution < 1.29 is 0 Å². The number of nitrogens with zero attached hydrogens (tertiary/aromatic N) is 6. The Hall–Kier alpha value is -2.51. The van der Waals surface area contributed by atoms with E-state index < -0.39 is 0 Å². The van der Waals surface area contributed by atoms with Crippen LogP contribution in [0.5, 0.6) is 0 Å². The Kier molecular flexibility index (Phi) is 4.10. The van der Waals surface area contributed by atoms with Crippen molar-refractivity contribution in [1.29, 1.82) is 0 Å². The quantitative estimate of drug-likeness (QED) is 0.412. The fourth-order valence-electron chi connectivity index (χ4n) is 2.25. The average molecular weight is 355 g/mol. The van der Waals surface area contributed by atoms with Gasteiger partial charge in [0, 0.05) is 23.2 Å². The summed E-state index contributed by atoms with van der Waals surface area (Å²) in [7, 11) is 0. The summed E-state index contributed by atoms with van der Waals surface area (Å²) in [5.41, 5.74) is 3.26. The van der Waals surface area contributed by atoms with Gasteiger partial charge in [0.25, 0.3) is 0 Å². The number of hydrogen-bond donors (Lipinski definition) is 0. The van der Waals surface area contributed by atoms with E-state index in [1.54, 1.807) is 22.6 Å². The van der Waals surface area contributed by atoms with Gasteiger partial charge in [-0.15, -0.1) is 5.10 Å². The van der Waals surface area contributed by atoms with Crippen LogP contribution >= 0.6 is 23.4 Å². The van der Waals surface area contributed by atoms with Crippen LogP contribution in [0.1, 0.15) is 5.56 Å². The molecule has 0 N–H and O–H groups in total. The molecule has 0 aliphatic heterocycles. The summed E-state index contributed by atoms with van der Waals surface area (Å²) < 4.78 is 1.66. The topological polar surface area (TPSA) is 69.4 Å². The Balaban J connectivity index is 1.69. The molecule has 0 amide bonds. The molecule has 0 bridgehead atoms. The minimum atomic E-state index is 0.636. The first kappa shape index (κ1) is 15.0. The van der Waals surface area contributed by atoms with Crippen molar-refractivity contribution in [2.75, 3.05) is 0 Å². The van der Waals surface area contributed by atoms with Gasteiger partial charge in [0.15, 0.2) is 11.2 Å². The molecule has 1 aromatic carbocycles. The third kappa shape index (κ3) is 2.95. The summed E-state index contributed by atoms with van der Waals surface area (Å²) in [6, 6.07) is 11.4. The van der Waals surface area contributed by atoms with Crippen molar-refractivity contribution >= 4 is 34.5 Å². The largest absolute Gasteiger partial charge is 0.264 e. The fourth-order valence-corrected chi connectivity index (χ4v) is 3.30. The van der Waals surface area contributed by atoms with Gasteiger partial charge in [-0.05, 0) is 29.8 Å². The molecule has 3 aromatic heterocycles. The predicted octanol–water partition coefficient (Wildman–Crippen LogP) is 3.55. The number of thioether (sulfide) groups is 1. The van der Waals surface area contributed by atoms with Crippen LogP contribution in [0.2, 0.25) is 5.02 Å². The van der Waals surface area contributed by atoms with E-state index in [1.165, 1.54) is 6.33 Å². The molecule has 4 aromatic rings. The van der Waals surface area contributed by atoms with E-state index in [0.29, 0.717) is 16.2 Å². The van der Waals surface area contributed by atoms with Gasteiger partial charge in [0.2, 0.25) is 0 Å². The van der Waals surface area contributed by atoms with Gasteiger partial charge in [-0.25, -0.2) is 9.97 Å². The van der Waals surface area contributed by atoms with Crippen molar-refractivity contribution in [2.24, 2.45) is 0 Å². The summed E-state index contributed by atoms with van der Waals surface area (Å²) in [4.78, 5) is 12.8. The third-order valence-corrected chi connectivity index (χ3v) is 4.64. The molecule has 0 saturated heterocycles. The van der Waals surface area contributed by atoms with Crippen molar-refractivity contribution in [3.05, 3.63) is 65.7 Å². The number of rotatable bonds is 4. The van der Waals surface area contributed by atoms with E-state index >= 15 is 0 Å². The second-order valence-corrected chi connectivity index (χ2v) is 6.38. The van der Waals surface area contributed by atoms with Gasteiger partial charge in [0.05, 0.1) is 5.69 Å². The molecule has 8 heteroatoms. The zero-order valence-corrected chi connectivity index (χ0v) is 13.9. The standard InChI is InChI=1S/C16H11ClN6S/c17-12-4-1-5-13(7-12)23-15-14(21-22-23)16(20-10-19-15)24-9-11-3-2-6-18-8-11/h1-8,10H,9H2. The fraction of sp³-hybridized carbons (Fsp3) is 0.0625. The lowest BCUT2D eigenvalue weighted by atomic mass is 10.3. The maximum Gasteiger partial charge on any atom is 0.187 e. The molecule has 3 heterocycles. The molecule has 0 fully saturated rings. The number of pyridine rings is 1. The van der Waals surface area contributed by atoms with Crippen molar-refractivity contribution in [3.63, 3.8) is 0 Å². The first-order chi connectivity index (χ1) is 11.8. The van der Waals surface area contributed by atoms with Crippen molar-refractivity contribution in [2.45, 2.75) is 10.8 Å². The maximum absolute atomic E-state index is 6.06. The van der Waals surface area contributed by atoms with Crippen LogP contribution in [-0.4, -0.2) is 29.9 Å². The Morgan fingerprint density at radius 1 is 1.12 bits per heavy atom. The molecule has 0 radical (unpaired) electrons. The molecule has 4 rings (SSSR count). The minimum Gasteiger partial charge on any atom is -0.264 e. The molecule has 0 atom stereocenters. The number of halogens is 1. The van der Waals surface area contributed by atoms with Gasteiger partial charge in [0.1, 0.15) is 11.4 Å². The normalized spacial score (nSPS) is 11.0. The third-order valence-electron chi connectivity index (χ3n) is 3.36. The maximum atomic E-state index is 6.06.